The van der Waals surface area contributed by atoms with Crippen molar-refractivity contribution in [3.05, 3.63) is 56.1 Å². The van der Waals surface area contributed by atoms with Crippen LogP contribution in [0.5, 0.6) is 11.5 Å². The minimum absolute atomic E-state index is 0.145. The molecule has 1 atom stereocenters. The van der Waals surface area contributed by atoms with E-state index in [2.05, 4.69) is 22.6 Å². The van der Waals surface area contributed by atoms with E-state index in [1.807, 2.05) is 36.4 Å². The molecule has 0 aliphatic rings. The average molecular weight is 437 g/mol. The Bertz CT molecular complexity index is 632. The number of hydrogen-bond donors (Lipinski definition) is 0. The summed E-state index contributed by atoms with van der Waals surface area (Å²) in [4.78, 5) is 0. The SMILES string of the molecule is COc1ccc(CC(Cl)c2cc(Cl)ccc2I)cc1OC. The molecule has 0 spiro atoms. The number of methoxy groups -OCH3 is 2. The van der Waals surface area contributed by atoms with E-state index >= 15 is 0 Å². The Morgan fingerprint density at radius 1 is 1.05 bits per heavy atom. The van der Waals surface area contributed by atoms with Crippen molar-refractivity contribution in [2.45, 2.75) is 11.8 Å². The topological polar surface area (TPSA) is 18.5 Å². The summed E-state index contributed by atoms with van der Waals surface area (Å²) in [6, 6.07) is 11.6. The first-order valence-electron chi connectivity index (χ1n) is 6.35. The number of benzene rings is 2. The Labute approximate surface area is 148 Å². The summed E-state index contributed by atoms with van der Waals surface area (Å²) in [5.74, 6) is 1.42. The number of ether oxygens (including phenoxy) is 2. The number of rotatable bonds is 5. The van der Waals surface area contributed by atoms with Crippen molar-refractivity contribution in [1.29, 1.82) is 0 Å². The van der Waals surface area contributed by atoms with E-state index in [-0.39, 0.29) is 5.38 Å². The van der Waals surface area contributed by atoms with E-state index in [1.54, 1.807) is 14.2 Å². The van der Waals surface area contributed by atoms with E-state index in [4.69, 9.17) is 32.7 Å². The second-order valence-corrected chi connectivity index (χ2v) is 6.65. The second kappa shape index (κ2) is 7.56. The Hall–Kier alpha value is -0.650. The fourth-order valence-electron chi connectivity index (χ4n) is 2.08. The second-order valence-electron chi connectivity index (χ2n) is 4.53. The largest absolute Gasteiger partial charge is 0.493 e. The molecule has 0 fully saturated rings. The highest BCUT2D eigenvalue weighted by molar-refractivity contribution is 14.1. The van der Waals surface area contributed by atoms with Crippen molar-refractivity contribution in [3.63, 3.8) is 0 Å². The van der Waals surface area contributed by atoms with Gasteiger partial charge in [-0.15, -0.1) is 11.6 Å². The van der Waals surface area contributed by atoms with Crippen LogP contribution in [0.1, 0.15) is 16.5 Å². The third-order valence-electron chi connectivity index (χ3n) is 3.16. The van der Waals surface area contributed by atoms with Crippen LogP contribution in [-0.2, 0) is 6.42 Å². The Balaban J connectivity index is 2.23. The lowest BCUT2D eigenvalue weighted by Crippen LogP contribution is -2.00. The van der Waals surface area contributed by atoms with Crippen molar-refractivity contribution in [2.75, 3.05) is 14.2 Å². The molecule has 0 amide bonds. The molecule has 0 heterocycles. The normalized spacial score (nSPS) is 12.0. The average Bonchev–Trinajstić information content (AvgIpc) is 2.49. The molecule has 21 heavy (non-hydrogen) atoms. The highest BCUT2D eigenvalue weighted by Crippen LogP contribution is 2.34. The predicted octanol–water partition coefficient (Wildman–Crippen LogP) is 5.48. The summed E-state index contributed by atoms with van der Waals surface area (Å²) < 4.78 is 11.7. The van der Waals surface area contributed by atoms with Gasteiger partial charge in [0.25, 0.3) is 0 Å². The third kappa shape index (κ3) is 4.18. The molecule has 0 radical (unpaired) electrons. The Morgan fingerprint density at radius 3 is 2.43 bits per heavy atom. The van der Waals surface area contributed by atoms with Gasteiger partial charge in [0.2, 0.25) is 0 Å². The van der Waals surface area contributed by atoms with Crippen LogP contribution in [0, 0.1) is 3.57 Å². The van der Waals surface area contributed by atoms with E-state index in [0.29, 0.717) is 22.9 Å². The fourth-order valence-corrected chi connectivity index (χ4v) is 3.51. The highest BCUT2D eigenvalue weighted by Gasteiger charge is 2.14. The fraction of sp³-hybridized carbons (Fsp3) is 0.250. The van der Waals surface area contributed by atoms with Gasteiger partial charge in [0.05, 0.1) is 19.6 Å². The first kappa shape index (κ1) is 16.7. The first-order chi connectivity index (χ1) is 10.0. The molecule has 0 aliphatic carbocycles. The van der Waals surface area contributed by atoms with Crippen LogP contribution in [0.25, 0.3) is 0 Å². The van der Waals surface area contributed by atoms with E-state index < -0.39 is 0 Å². The van der Waals surface area contributed by atoms with Crippen LogP contribution in [-0.4, -0.2) is 14.2 Å². The summed E-state index contributed by atoms with van der Waals surface area (Å²) in [5.41, 5.74) is 2.13. The maximum absolute atomic E-state index is 6.55. The van der Waals surface area contributed by atoms with Gasteiger partial charge in [-0.2, -0.15) is 0 Å². The van der Waals surface area contributed by atoms with Crippen molar-refractivity contribution in [3.8, 4) is 11.5 Å². The maximum atomic E-state index is 6.55. The van der Waals surface area contributed by atoms with Gasteiger partial charge in [-0.1, -0.05) is 17.7 Å². The lowest BCUT2D eigenvalue weighted by Gasteiger charge is -2.14. The summed E-state index contributed by atoms with van der Waals surface area (Å²) >= 11 is 14.9. The summed E-state index contributed by atoms with van der Waals surface area (Å²) in [7, 11) is 3.25. The molecule has 2 aromatic carbocycles. The van der Waals surface area contributed by atoms with Gasteiger partial charge in [-0.25, -0.2) is 0 Å². The molecule has 0 saturated heterocycles. The van der Waals surface area contributed by atoms with Gasteiger partial charge in [-0.05, 0) is 70.5 Å². The number of alkyl halides is 1. The Morgan fingerprint density at radius 2 is 1.76 bits per heavy atom. The molecule has 0 bridgehead atoms. The molecule has 5 heteroatoms. The van der Waals surface area contributed by atoms with Crippen molar-refractivity contribution in [2.24, 2.45) is 0 Å². The molecule has 0 N–H and O–H groups in total. The standard InChI is InChI=1S/C16H15Cl2IO2/c1-20-15-6-3-10(8-16(15)21-2)7-13(18)12-9-11(17)4-5-14(12)19/h3-6,8-9,13H,7H2,1-2H3. The molecule has 112 valence electrons. The van der Waals surface area contributed by atoms with Crippen LogP contribution in [0.3, 0.4) is 0 Å². The molecule has 2 rings (SSSR count). The number of halogens is 3. The zero-order valence-corrected chi connectivity index (χ0v) is 15.4. The van der Waals surface area contributed by atoms with Gasteiger partial charge in [0.1, 0.15) is 0 Å². The molecule has 0 saturated carbocycles. The first-order valence-corrected chi connectivity index (χ1v) is 8.24. The molecular formula is C16H15Cl2IO2. The lowest BCUT2D eigenvalue weighted by atomic mass is 10.0. The molecule has 2 nitrogen and oxygen atoms in total. The molecule has 0 aliphatic heterocycles. The van der Waals surface area contributed by atoms with Crippen LogP contribution < -0.4 is 9.47 Å². The van der Waals surface area contributed by atoms with Crippen LogP contribution in [0.15, 0.2) is 36.4 Å². The van der Waals surface area contributed by atoms with Crippen molar-refractivity contribution in [1.82, 2.24) is 0 Å². The summed E-state index contributed by atoms with van der Waals surface area (Å²) in [6.45, 7) is 0. The highest BCUT2D eigenvalue weighted by atomic mass is 127. The predicted molar refractivity (Wildman–Crippen MR) is 96.0 cm³/mol. The smallest absolute Gasteiger partial charge is 0.160 e. The minimum atomic E-state index is -0.145. The lowest BCUT2D eigenvalue weighted by molar-refractivity contribution is 0.354. The monoisotopic (exact) mass is 436 g/mol. The van der Waals surface area contributed by atoms with Gasteiger partial charge < -0.3 is 9.47 Å². The van der Waals surface area contributed by atoms with Gasteiger partial charge in [0.15, 0.2) is 11.5 Å². The number of hydrogen-bond acceptors (Lipinski definition) is 2. The summed E-state index contributed by atoms with van der Waals surface area (Å²) in [5, 5.41) is 0.553. The van der Waals surface area contributed by atoms with Crippen LogP contribution in [0.2, 0.25) is 5.02 Å². The molecular weight excluding hydrogens is 422 g/mol. The zero-order chi connectivity index (χ0) is 15.4. The molecule has 0 aromatic heterocycles. The Kier molecular flexibility index (Phi) is 6.02. The zero-order valence-electron chi connectivity index (χ0n) is 11.7. The van der Waals surface area contributed by atoms with Gasteiger partial charge >= 0.3 is 0 Å². The van der Waals surface area contributed by atoms with Gasteiger partial charge in [-0.3, -0.25) is 0 Å². The quantitative estimate of drug-likeness (QED) is 0.456. The molecule has 1 unspecified atom stereocenters. The van der Waals surface area contributed by atoms with Crippen molar-refractivity contribution < 1.29 is 9.47 Å². The minimum Gasteiger partial charge on any atom is -0.493 e. The molecule has 2 aromatic rings. The van der Waals surface area contributed by atoms with Crippen LogP contribution >= 0.6 is 45.8 Å². The van der Waals surface area contributed by atoms with Gasteiger partial charge in [0, 0.05) is 8.59 Å². The third-order valence-corrected chi connectivity index (χ3v) is 4.77. The maximum Gasteiger partial charge on any atom is 0.160 e. The summed E-state index contributed by atoms with van der Waals surface area (Å²) in [6.07, 6.45) is 0.693. The van der Waals surface area contributed by atoms with E-state index in [0.717, 1.165) is 14.7 Å². The van der Waals surface area contributed by atoms with E-state index in [9.17, 15) is 0 Å². The van der Waals surface area contributed by atoms with Crippen molar-refractivity contribution >= 4 is 45.8 Å². The van der Waals surface area contributed by atoms with E-state index in [1.165, 1.54) is 0 Å². The van der Waals surface area contributed by atoms with Crippen LogP contribution in [0.4, 0.5) is 0 Å².